The van der Waals surface area contributed by atoms with E-state index in [9.17, 15) is 9.18 Å². The fourth-order valence-electron chi connectivity index (χ4n) is 4.90. The summed E-state index contributed by atoms with van der Waals surface area (Å²) < 4.78 is 13.8. The van der Waals surface area contributed by atoms with E-state index >= 15 is 0 Å². The molecule has 2 aromatic rings. The second kappa shape index (κ2) is 10.8. The fourth-order valence-corrected chi connectivity index (χ4v) is 4.90. The van der Waals surface area contributed by atoms with Gasteiger partial charge in [0.05, 0.1) is 6.04 Å². The molecule has 0 aliphatic carbocycles. The molecule has 0 bridgehead atoms. The van der Waals surface area contributed by atoms with Gasteiger partial charge >= 0.3 is 0 Å². The van der Waals surface area contributed by atoms with Gasteiger partial charge in [0.2, 0.25) is 5.91 Å². The Morgan fingerprint density at radius 3 is 2.74 bits per heavy atom. The lowest BCUT2D eigenvalue weighted by Gasteiger charge is -2.38. The van der Waals surface area contributed by atoms with Crippen LogP contribution in [-0.4, -0.2) is 52.9 Å². The molecule has 3 heterocycles. The first-order valence-electron chi connectivity index (χ1n) is 11.6. The van der Waals surface area contributed by atoms with Crippen LogP contribution in [0.25, 0.3) is 0 Å². The van der Waals surface area contributed by atoms with Gasteiger partial charge in [-0.25, -0.2) is 4.39 Å². The zero-order valence-electron chi connectivity index (χ0n) is 18.2. The molecule has 2 atom stereocenters. The highest BCUT2D eigenvalue weighted by atomic mass is 19.1. The number of pyridine rings is 1. The Hall–Kier alpha value is -2.31. The Kier molecular flexibility index (Phi) is 7.65. The summed E-state index contributed by atoms with van der Waals surface area (Å²) in [6.45, 7) is 4.17. The average molecular weight is 425 g/mol. The van der Waals surface area contributed by atoms with Crippen molar-refractivity contribution in [1.29, 1.82) is 0 Å². The van der Waals surface area contributed by atoms with E-state index in [0.717, 1.165) is 39.0 Å². The first-order valence-corrected chi connectivity index (χ1v) is 11.6. The predicted octanol–water partition coefficient (Wildman–Crippen LogP) is 3.92. The van der Waals surface area contributed by atoms with Gasteiger partial charge in [0, 0.05) is 43.5 Å². The van der Waals surface area contributed by atoms with E-state index in [2.05, 4.69) is 26.2 Å². The number of amides is 1. The van der Waals surface area contributed by atoms with Crippen LogP contribution < -0.4 is 5.32 Å². The van der Waals surface area contributed by atoms with Crippen LogP contribution >= 0.6 is 0 Å². The number of nitrogens with one attached hydrogen (secondary N) is 1. The van der Waals surface area contributed by atoms with Crippen molar-refractivity contribution in [2.45, 2.75) is 57.2 Å². The number of likely N-dealkylation sites (tertiary alicyclic amines) is 2. The standard InChI is InChI=1S/C25H33FN4O/c26-23-9-3-2-7-20(23)17-28-14-12-22-10-11-25(31)30(22)19-24(21-8-6-13-27-18-21)29-15-4-1-5-16-29/h2-3,6-9,13,18,22,24,28H,1,4-5,10-12,14-17,19H2/t22-,24+/m0/s1. The Morgan fingerprint density at radius 1 is 1.13 bits per heavy atom. The number of nitrogens with zero attached hydrogens (tertiary/aromatic N) is 3. The smallest absolute Gasteiger partial charge is 0.222 e. The summed E-state index contributed by atoms with van der Waals surface area (Å²) in [5.74, 6) is 0.0820. The predicted molar refractivity (Wildman–Crippen MR) is 120 cm³/mol. The normalized spacial score (nSPS) is 20.9. The lowest BCUT2D eigenvalue weighted by molar-refractivity contribution is -0.130. The maximum absolute atomic E-state index is 13.8. The van der Waals surface area contributed by atoms with Crippen molar-refractivity contribution in [1.82, 2.24) is 20.1 Å². The molecule has 6 heteroatoms. The molecular weight excluding hydrogens is 391 g/mol. The molecule has 0 spiro atoms. The lowest BCUT2D eigenvalue weighted by atomic mass is 10.0. The molecule has 0 radical (unpaired) electrons. The molecule has 2 saturated heterocycles. The van der Waals surface area contributed by atoms with Gasteiger partial charge in [-0.3, -0.25) is 14.7 Å². The molecule has 166 valence electrons. The molecular formula is C25H33FN4O. The molecule has 0 unspecified atom stereocenters. The molecule has 2 aliphatic heterocycles. The second-order valence-corrected chi connectivity index (χ2v) is 8.69. The third-order valence-corrected chi connectivity index (χ3v) is 6.65. The molecule has 4 rings (SSSR count). The van der Waals surface area contributed by atoms with Gasteiger partial charge in [-0.2, -0.15) is 0 Å². The highest BCUT2D eigenvalue weighted by Gasteiger charge is 2.34. The Labute approximate surface area is 184 Å². The molecule has 1 N–H and O–H groups in total. The maximum atomic E-state index is 13.8. The van der Waals surface area contributed by atoms with Gasteiger partial charge in [-0.15, -0.1) is 0 Å². The van der Waals surface area contributed by atoms with Crippen LogP contribution in [-0.2, 0) is 11.3 Å². The maximum Gasteiger partial charge on any atom is 0.222 e. The number of halogens is 1. The Bertz CT molecular complexity index is 840. The molecule has 2 fully saturated rings. The summed E-state index contributed by atoms with van der Waals surface area (Å²) in [6, 6.07) is 11.4. The largest absolute Gasteiger partial charge is 0.338 e. The van der Waals surface area contributed by atoms with Crippen molar-refractivity contribution in [3.8, 4) is 0 Å². The van der Waals surface area contributed by atoms with Crippen molar-refractivity contribution < 1.29 is 9.18 Å². The van der Waals surface area contributed by atoms with E-state index in [4.69, 9.17) is 0 Å². The third kappa shape index (κ3) is 5.69. The van der Waals surface area contributed by atoms with Crippen LogP contribution in [0.2, 0.25) is 0 Å². The number of hydrogen-bond donors (Lipinski definition) is 1. The van der Waals surface area contributed by atoms with Crippen molar-refractivity contribution in [3.63, 3.8) is 0 Å². The number of hydrogen-bond acceptors (Lipinski definition) is 4. The molecule has 1 aromatic heterocycles. The van der Waals surface area contributed by atoms with E-state index in [-0.39, 0.29) is 23.8 Å². The first-order chi connectivity index (χ1) is 15.2. The zero-order valence-corrected chi connectivity index (χ0v) is 18.2. The van der Waals surface area contributed by atoms with E-state index in [1.54, 1.807) is 6.07 Å². The minimum Gasteiger partial charge on any atom is -0.338 e. The molecule has 31 heavy (non-hydrogen) atoms. The second-order valence-electron chi connectivity index (χ2n) is 8.69. The fraction of sp³-hybridized carbons (Fsp3) is 0.520. The minimum atomic E-state index is -0.173. The van der Waals surface area contributed by atoms with E-state index < -0.39 is 0 Å². The quantitative estimate of drug-likeness (QED) is 0.620. The average Bonchev–Trinajstić information content (AvgIpc) is 3.16. The highest BCUT2D eigenvalue weighted by molar-refractivity contribution is 5.78. The molecule has 1 amide bonds. The van der Waals surface area contributed by atoms with Crippen LogP contribution in [0.3, 0.4) is 0 Å². The first kappa shape index (κ1) is 21.9. The van der Waals surface area contributed by atoms with Crippen molar-refractivity contribution >= 4 is 5.91 Å². The van der Waals surface area contributed by atoms with Crippen LogP contribution in [0, 0.1) is 5.82 Å². The van der Waals surface area contributed by atoms with Gasteiger partial charge in [0.1, 0.15) is 5.82 Å². The number of rotatable bonds is 9. The Morgan fingerprint density at radius 2 is 1.97 bits per heavy atom. The zero-order chi connectivity index (χ0) is 21.5. The minimum absolute atomic E-state index is 0.173. The summed E-state index contributed by atoms with van der Waals surface area (Å²) in [5, 5.41) is 3.35. The molecule has 2 aliphatic rings. The lowest BCUT2D eigenvalue weighted by Crippen LogP contribution is -2.44. The van der Waals surface area contributed by atoms with Crippen LogP contribution in [0.5, 0.6) is 0 Å². The van der Waals surface area contributed by atoms with Crippen LogP contribution in [0.4, 0.5) is 4.39 Å². The summed E-state index contributed by atoms with van der Waals surface area (Å²) in [7, 11) is 0. The van der Waals surface area contributed by atoms with Crippen molar-refractivity contribution in [2.75, 3.05) is 26.2 Å². The van der Waals surface area contributed by atoms with Gasteiger partial charge in [-0.05, 0) is 63.0 Å². The monoisotopic (exact) mass is 424 g/mol. The van der Waals surface area contributed by atoms with Gasteiger partial charge in [-0.1, -0.05) is 30.7 Å². The summed E-state index contributed by atoms with van der Waals surface area (Å²) in [5.41, 5.74) is 1.88. The molecule has 5 nitrogen and oxygen atoms in total. The highest BCUT2D eigenvalue weighted by Crippen LogP contribution is 2.29. The van der Waals surface area contributed by atoms with E-state index in [1.165, 1.54) is 30.9 Å². The summed E-state index contributed by atoms with van der Waals surface area (Å²) in [4.78, 5) is 21.7. The summed E-state index contributed by atoms with van der Waals surface area (Å²) in [6.07, 6.45) is 9.89. The molecule has 0 saturated carbocycles. The van der Waals surface area contributed by atoms with Crippen LogP contribution in [0.15, 0.2) is 48.8 Å². The SMILES string of the molecule is O=C1CC[C@@H](CCNCc2ccccc2F)N1C[C@H](c1cccnc1)N1CCCCC1. The number of carbonyl (C=O) groups excluding carboxylic acids is 1. The third-order valence-electron chi connectivity index (χ3n) is 6.65. The van der Waals surface area contributed by atoms with E-state index in [0.29, 0.717) is 18.5 Å². The van der Waals surface area contributed by atoms with E-state index in [1.807, 2.05) is 30.6 Å². The number of benzene rings is 1. The number of carbonyl (C=O) groups is 1. The van der Waals surface area contributed by atoms with Gasteiger partial charge < -0.3 is 10.2 Å². The summed E-state index contributed by atoms with van der Waals surface area (Å²) >= 11 is 0. The van der Waals surface area contributed by atoms with Gasteiger partial charge in [0.25, 0.3) is 0 Å². The number of piperidine rings is 1. The van der Waals surface area contributed by atoms with Gasteiger partial charge in [0.15, 0.2) is 0 Å². The van der Waals surface area contributed by atoms with Crippen molar-refractivity contribution in [3.05, 3.63) is 65.7 Å². The topological polar surface area (TPSA) is 48.5 Å². The Balaban J connectivity index is 1.37. The van der Waals surface area contributed by atoms with Crippen LogP contribution in [0.1, 0.15) is 55.7 Å². The number of aromatic nitrogens is 1. The molecule has 1 aromatic carbocycles. The van der Waals surface area contributed by atoms with Crippen molar-refractivity contribution in [2.24, 2.45) is 0 Å².